The molecule has 1 aromatic carbocycles. The molecule has 4 heteroatoms. The molecule has 1 rings (SSSR count). The normalized spacial score (nSPS) is 9.92. The first kappa shape index (κ1) is 9.65. The SMILES string of the molecule is COCNc1ccc(Cl)cc1Cl. The number of benzene rings is 1. The minimum Gasteiger partial charge on any atom is -0.365 e. The number of nitrogens with one attached hydrogen (secondary N) is 1. The zero-order chi connectivity index (χ0) is 8.97. The number of anilines is 1. The highest BCUT2D eigenvalue weighted by molar-refractivity contribution is 6.36. The fraction of sp³-hybridized carbons (Fsp3) is 0.250. The van der Waals surface area contributed by atoms with E-state index in [0.717, 1.165) is 5.69 Å². The zero-order valence-corrected chi connectivity index (χ0v) is 8.12. The van der Waals surface area contributed by atoms with Crippen LogP contribution in [0.3, 0.4) is 0 Å². The second-order valence-corrected chi connectivity index (χ2v) is 3.08. The Kier molecular flexibility index (Phi) is 3.66. The Balaban J connectivity index is 2.72. The monoisotopic (exact) mass is 205 g/mol. The summed E-state index contributed by atoms with van der Waals surface area (Å²) in [7, 11) is 1.61. The molecule has 12 heavy (non-hydrogen) atoms. The maximum Gasteiger partial charge on any atom is 0.116 e. The van der Waals surface area contributed by atoms with E-state index in [9.17, 15) is 0 Å². The van der Waals surface area contributed by atoms with Gasteiger partial charge in [0.25, 0.3) is 0 Å². The van der Waals surface area contributed by atoms with Crippen molar-refractivity contribution in [1.29, 1.82) is 0 Å². The van der Waals surface area contributed by atoms with E-state index in [0.29, 0.717) is 16.8 Å². The molecule has 0 fully saturated rings. The van der Waals surface area contributed by atoms with Gasteiger partial charge in [0.1, 0.15) is 6.73 Å². The third kappa shape index (κ3) is 2.55. The summed E-state index contributed by atoms with van der Waals surface area (Å²) < 4.78 is 4.83. The Morgan fingerprint density at radius 3 is 2.75 bits per heavy atom. The van der Waals surface area contributed by atoms with Crippen molar-refractivity contribution >= 4 is 28.9 Å². The van der Waals surface area contributed by atoms with E-state index in [2.05, 4.69) is 5.32 Å². The van der Waals surface area contributed by atoms with Crippen LogP contribution < -0.4 is 5.32 Å². The molecule has 0 amide bonds. The van der Waals surface area contributed by atoms with Crippen molar-refractivity contribution in [1.82, 2.24) is 0 Å². The van der Waals surface area contributed by atoms with E-state index in [4.69, 9.17) is 27.9 Å². The van der Waals surface area contributed by atoms with Gasteiger partial charge < -0.3 is 10.1 Å². The fourth-order valence-corrected chi connectivity index (χ4v) is 1.26. The van der Waals surface area contributed by atoms with Gasteiger partial charge in [0.2, 0.25) is 0 Å². The molecule has 0 atom stereocenters. The lowest BCUT2D eigenvalue weighted by Crippen LogP contribution is -2.02. The summed E-state index contributed by atoms with van der Waals surface area (Å²) in [5, 5.41) is 4.20. The maximum atomic E-state index is 5.86. The average molecular weight is 206 g/mol. The third-order valence-corrected chi connectivity index (χ3v) is 1.89. The predicted molar refractivity (Wildman–Crippen MR) is 52.0 cm³/mol. The van der Waals surface area contributed by atoms with Crippen LogP contribution in [0, 0.1) is 0 Å². The highest BCUT2D eigenvalue weighted by Crippen LogP contribution is 2.24. The van der Waals surface area contributed by atoms with E-state index < -0.39 is 0 Å². The summed E-state index contributed by atoms with van der Waals surface area (Å²) in [6.45, 7) is 0.432. The molecule has 0 unspecified atom stereocenters. The zero-order valence-electron chi connectivity index (χ0n) is 6.60. The number of halogens is 2. The smallest absolute Gasteiger partial charge is 0.116 e. The Morgan fingerprint density at radius 1 is 1.42 bits per heavy atom. The Labute approximate surface area is 81.4 Å². The molecular weight excluding hydrogens is 197 g/mol. The molecule has 0 aromatic heterocycles. The van der Waals surface area contributed by atoms with Gasteiger partial charge in [-0.25, -0.2) is 0 Å². The van der Waals surface area contributed by atoms with Gasteiger partial charge in [0.15, 0.2) is 0 Å². The van der Waals surface area contributed by atoms with Crippen molar-refractivity contribution in [3.05, 3.63) is 28.2 Å². The van der Waals surface area contributed by atoms with Crippen LogP contribution in [0.2, 0.25) is 10.0 Å². The molecule has 0 aliphatic rings. The third-order valence-electron chi connectivity index (χ3n) is 1.34. The van der Waals surface area contributed by atoms with Crippen LogP contribution in [0.25, 0.3) is 0 Å². The Morgan fingerprint density at radius 2 is 2.17 bits per heavy atom. The molecule has 66 valence electrons. The average Bonchev–Trinajstić information content (AvgIpc) is 2.03. The van der Waals surface area contributed by atoms with E-state index in [1.807, 2.05) is 6.07 Å². The Hall–Kier alpha value is -0.440. The second kappa shape index (κ2) is 4.55. The summed E-state index contributed by atoms with van der Waals surface area (Å²) in [5.41, 5.74) is 0.822. The summed E-state index contributed by atoms with van der Waals surface area (Å²) in [6, 6.07) is 5.26. The van der Waals surface area contributed by atoms with Gasteiger partial charge >= 0.3 is 0 Å². The van der Waals surface area contributed by atoms with Crippen LogP contribution in [0.5, 0.6) is 0 Å². The molecular formula is C8H9Cl2NO. The highest BCUT2D eigenvalue weighted by atomic mass is 35.5. The first-order chi connectivity index (χ1) is 5.74. The Bertz CT molecular complexity index is 265. The van der Waals surface area contributed by atoms with Gasteiger partial charge in [-0.1, -0.05) is 23.2 Å². The van der Waals surface area contributed by atoms with Crippen molar-refractivity contribution in [2.24, 2.45) is 0 Å². The molecule has 0 heterocycles. The van der Waals surface area contributed by atoms with Gasteiger partial charge in [0, 0.05) is 12.1 Å². The molecule has 0 bridgehead atoms. The van der Waals surface area contributed by atoms with Crippen molar-refractivity contribution in [2.45, 2.75) is 0 Å². The summed E-state index contributed by atoms with van der Waals surface area (Å²) >= 11 is 11.6. The van der Waals surface area contributed by atoms with Crippen LogP contribution in [0.1, 0.15) is 0 Å². The standard InChI is InChI=1S/C8H9Cl2NO/c1-12-5-11-8-3-2-6(9)4-7(8)10/h2-4,11H,5H2,1H3. The fourth-order valence-electron chi connectivity index (χ4n) is 0.783. The second-order valence-electron chi connectivity index (χ2n) is 2.23. The van der Waals surface area contributed by atoms with Crippen LogP contribution >= 0.6 is 23.2 Å². The topological polar surface area (TPSA) is 21.3 Å². The molecule has 0 aliphatic carbocycles. The van der Waals surface area contributed by atoms with Crippen molar-refractivity contribution in [3.8, 4) is 0 Å². The molecule has 0 saturated heterocycles. The van der Waals surface area contributed by atoms with Crippen LogP contribution in [0.4, 0.5) is 5.69 Å². The summed E-state index contributed by atoms with van der Waals surface area (Å²) in [6.07, 6.45) is 0. The predicted octanol–water partition coefficient (Wildman–Crippen LogP) is 3.01. The molecule has 2 nitrogen and oxygen atoms in total. The number of methoxy groups -OCH3 is 1. The summed E-state index contributed by atoms with van der Waals surface area (Å²) in [5.74, 6) is 0. The molecule has 0 saturated carbocycles. The minimum atomic E-state index is 0.432. The van der Waals surface area contributed by atoms with Crippen LogP contribution in [-0.2, 0) is 4.74 Å². The van der Waals surface area contributed by atoms with Gasteiger partial charge in [-0.15, -0.1) is 0 Å². The number of ether oxygens (including phenoxy) is 1. The van der Waals surface area contributed by atoms with Gasteiger partial charge in [-0.2, -0.15) is 0 Å². The first-order valence-electron chi connectivity index (χ1n) is 3.42. The van der Waals surface area contributed by atoms with Gasteiger partial charge in [0.05, 0.1) is 10.7 Å². The quantitative estimate of drug-likeness (QED) is 0.767. The van der Waals surface area contributed by atoms with Gasteiger partial charge in [-0.05, 0) is 18.2 Å². The van der Waals surface area contributed by atoms with E-state index in [-0.39, 0.29) is 0 Å². The minimum absolute atomic E-state index is 0.432. The van der Waals surface area contributed by atoms with Gasteiger partial charge in [-0.3, -0.25) is 0 Å². The molecule has 0 aliphatic heterocycles. The highest BCUT2D eigenvalue weighted by Gasteiger charge is 1.98. The molecule has 1 aromatic rings. The molecule has 0 spiro atoms. The van der Waals surface area contributed by atoms with Crippen molar-refractivity contribution in [2.75, 3.05) is 19.2 Å². The lowest BCUT2D eigenvalue weighted by Gasteiger charge is -2.06. The van der Waals surface area contributed by atoms with E-state index in [1.54, 1.807) is 19.2 Å². The molecule has 0 radical (unpaired) electrons. The maximum absolute atomic E-state index is 5.86. The van der Waals surface area contributed by atoms with E-state index in [1.165, 1.54) is 0 Å². The number of rotatable bonds is 3. The lowest BCUT2D eigenvalue weighted by atomic mass is 10.3. The number of hydrogen-bond donors (Lipinski definition) is 1. The molecule has 1 N–H and O–H groups in total. The van der Waals surface area contributed by atoms with E-state index >= 15 is 0 Å². The van der Waals surface area contributed by atoms with Crippen molar-refractivity contribution < 1.29 is 4.74 Å². The summed E-state index contributed by atoms with van der Waals surface area (Å²) in [4.78, 5) is 0. The lowest BCUT2D eigenvalue weighted by molar-refractivity contribution is 0.221. The largest absolute Gasteiger partial charge is 0.365 e. The number of hydrogen-bond acceptors (Lipinski definition) is 2. The van der Waals surface area contributed by atoms with Crippen LogP contribution in [0.15, 0.2) is 18.2 Å². The van der Waals surface area contributed by atoms with Crippen molar-refractivity contribution in [3.63, 3.8) is 0 Å². The first-order valence-corrected chi connectivity index (χ1v) is 4.17. The van der Waals surface area contributed by atoms with Crippen LogP contribution in [-0.4, -0.2) is 13.8 Å².